The molecule has 0 radical (unpaired) electrons. The number of aromatic nitrogens is 4. The van der Waals surface area contributed by atoms with Gasteiger partial charge in [-0.25, -0.2) is 4.98 Å². The fraction of sp³-hybridized carbons (Fsp3) is 0.333. The standard InChI is InChI=1S/C9H10N4OS/c1-5-8(15-6(2)11-5)7(14)9-12-10-4-13(9)3/h4H,1-3H3. The van der Waals surface area contributed by atoms with Crippen LogP contribution in [0.2, 0.25) is 0 Å². The van der Waals surface area contributed by atoms with E-state index in [9.17, 15) is 4.79 Å². The summed E-state index contributed by atoms with van der Waals surface area (Å²) in [7, 11) is 1.75. The van der Waals surface area contributed by atoms with E-state index in [-0.39, 0.29) is 5.78 Å². The zero-order valence-corrected chi connectivity index (χ0v) is 9.50. The van der Waals surface area contributed by atoms with Crippen molar-refractivity contribution in [1.29, 1.82) is 0 Å². The molecule has 0 aliphatic carbocycles. The Morgan fingerprint density at radius 3 is 2.67 bits per heavy atom. The lowest BCUT2D eigenvalue weighted by molar-refractivity contribution is 0.102. The first-order valence-electron chi connectivity index (χ1n) is 4.42. The molecule has 2 aromatic rings. The van der Waals surface area contributed by atoms with Gasteiger partial charge in [0.15, 0.2) is 0 Å². The molecule has 5 nitrogen and oxygen atoms in total. The SMILES string of the molecule is Cc1nc(C)c(C(=O)c2nncn2C)s1. The van der Waals surface area contributed by atoms with Crippen LogP contribution in [0, 0.1) is 13.8 Å². The molecule has 0 unspecified atom stereocenters. The number of ketones is 1. The molecule has 2 heterocycles. The second kappa shape index (κ2) is 3.54. The van der Waals surface area contributed by atoms with Crippen LogP contribution in [0.1, 0.15) is 26.2 Å². The molecule has 0 aliphatic heterocycles. The Labute approximate surface area is 90.8 Å². The van der Waals surface area contributed by atoms with Gasteiger partial charge >= 0.3 is 0 Å². The molecule has 2 rings (SSSR count). The summed E-state index contributed by atoms with van der Waals surface area (Å²) < 4.78 is 1.61. The minimum atomic E-state index is -0.113. The molecule has 0 spiro atoms. The van der Waals surface area contributed by atoms with Gasteiger partial charge in [-0.05, 0) is 13.8 Å². The number of hydrogen-bond donors (Lipinski definition) is 0. The van der Waals surface area contributed by atoms with Crippen molar-refractivity contribution in [1.82, 2.24) is 19.7 Å². The van der Waals surface area contributed by atoms with Gasteiger partial charge in [0.2, 0.25) is 11.6 Å². The monoisotopic (exact) mass is 222 g/mol. The van der Waals surface area contributed by atoms with E-state index in [0.29, 0.717) is 10.7 Å². The van der Waals surface area contributed by atoms with E-state index in [1.165, 1.54) is 17.7 Å². The van der Waals surface area contributed by atoms with E-state index in [4.69, 9.17) is 0 Å². The lowest BCUT2D eigenvalue weighted by Crippen LogP contribution is -2.08. The Kier molecular flexibility index (Phi) is 2.36. The molecule has 2 aromatic heterocycles. The first kappa shape index (κ1) is 9.97. The zero-order valence-electron chi connectivity index (χ0n) is 8.68. The van der Waals surface area contributed by atoms with Crippen LogP contribution in [0.5, 0.6) is 0 Å². The topological polar surface area (TPSA) is 60.7 Å². The van der Waals surface area contributed by atoms with E-state index in [0.717, 1.165) is 10.7 Å². The summed E-state index contributed by atoms with van der Waals surface area (Å²) in [6.45, 7) is 3.71. The van der Waals surface area contributed by atoms with Gasteiger partial charge in [0, 0.05) is 7.05 Å². The van der Waals surface area contributed by atoms with Crippen LogP contribution in [0.25, 0.3) is 0 Å². The molecule has 78 valence electrons. The molecule has 0 aliphatic rings. The highest BCUT2D eigenvalue weighted by molar-refractivity contribution is 7.13. The molecule has 6 heteroatoms. The molecule has 0 fully saturated rings. The van der Waals surface area contributed by atoms with Gasteiger partial charge in [0.1, 0.15) is 11.2 Å². The second-order valence-corrected chi connectivity index (χ2v) is 4.45. The van der Waals surface area contributed by atoms with Gasteiger partial charge in [-0.1, -0.05) is 0 Å². The maximum absolute atomic E-state index is 12.0. The smallest absolute Gasteiger partial charge is 0.242 e. The number of nitrogens with zero attached hydrogens (tertiary/aromatic N) is 4. The molecular weight excluding hydrogens is 212 g/mol. The number of rotatable bonds is 2. The number of thiazole rings is 1. The molecule has 0 atom stereocenters. The average molecular weight is 222 g/mol. The number of carbonyl (C=O) groups excluding carboxylic acids is 1. The molecule has 0 amide bonds. The Hall–Kier alpha value is -1.56. The summed E-state index contributed by atoms with van der Waals surface area (Å²) in [5, 5.41) is 8.35. The Morgan fingerprint density at radius 1 is 1.47 bits per heavy atom. The van der Waals surface area contributed by atoms with Crippen molar-refractivity contribution in [2.45, 2.75) is 13.8 Å². The maximum Gasteiger partial charge on any atom is 0.242 e. The van der Waals surface area contributed by atoms with Crippen molar-refractivity contribution in [3.05, 3.63) is 27.7 Å². The summed E-state index contributed by atoms with van der Waals surface area (Å²) in [5.41, 5.74) is 0.755. The summed E-state index contributed by atoms with van der Waals surface area (Å²) in [5.74, 6) is 0.236. The predicted molar refractivity (Wildman–Crippen MR) is 56.0 cm³/mol. The van der Waals surface area contributed by atoms with Crippen molar-refractivity contribution < 1.29 is 4.79 Å². The molecule has 0 saturated carbocycles. The van der Waals surface area contributed by atoms with E-state index in [1.54, 1.807) is 11.6 Å². The largest absolute Gasteiger partial charge is 0.314 e. The molecular formula is C9H10N4OS. The quantitative estimate of drug-likeness (QED) is 0.714. The maximum atomic E-state index is 12.0. The summed E-state index contributed by atoms with van der Waals surface area (Å²) in [6, 6.07) is 0. The van der Waals surface area contributed by atoms with Crippen LogP contribution in [0.4, 0.5) is 0 Å². The number of aryl methyl sites for hydroxylation is 3. The Morgan fingerprint density at radius 2 is 2.20 bits per heavy atom. The Balaban J connectivity index is 2.45. The van der Waals surface area contributed by atoms with Gasteiger partial charge in [-0.3, -0.25) is 4.79 Å². The lowest BCUT2D eigenvalue weighted by atomic mass is 10.2. The van der Waals surface area contributed by atoms with Crippen LogP contribution in [-0.2, 0) is 7.05 Å². The third-order valence-electron chi connectivity index (χ3n) is 2.02. The highest BCUT2D eigenvalue weighted by Gasteiger charge is 2.19. The van der Waals surface area contributed by atoms with Crippen molar-refractivity contribution in [3.63, 3.8) is 0 Å². The first-order valence-corrected chi connectivity index (χ1v) is 5.24. The van der Waals surface area contributed by atoms with Crippen LogP contribution in [0.3, 0.4) is 0 Å². The molecule has 15 heavy (non-hydrogen) atoms. The van der Waals surface area contributed by atoms with Gasteiger partial charge in [-0.15, -0.1) is 21.5 Å². The van der Waals surface area contributed by atoms with Gasteiger partial charge in [0.05, 0.1) is 10.7 Å². The van der Waals surface area contributed by atoms with Crippen molar-refractivity contribution in [3.8, 4) is 0 Å². The fourth-order valence-electron chi connectivity index (χ4n) is 1.33. The minimum absolute atomic E-state index is 0.113. The molecule has 0 saturated heterocycles. The van der Waals surface area contributed by atoms with Gasteiger partial charge in [-0.2, -0.15) is 0 Å². The van der Waals surface area contributed by atoms with E-state index in [2.05, 4.69) is 15.2 Å². The highest BCUT2D eigenvalue weighted by atomic mass is 32.1. The van der Waals surface area contributed by atoms with Gasteiger partial charge in [0.25, 0.3) is 0 Å². The van der Waals surface area contributed by atoms with Gasteiger partial charge < -0.3 is 4.57 Å². The van der Waals surface area contributed by atoms with Crippen molar-refractivity contribution in [2.75, 3.05) is 0 Å². The second-order valence-electron chi connectivity index (χ2n) is 3.24. The Bertz CT molecular complexity index is 514. The number of carbonyl (C=O) groups is 1. The van der Waals surface area contributed by atoms with Crippen LogP contribution in [0.15, 0.2) is 6.33 Å². The molecule has 0 bridgehead atoms. The predicted octanol–water partition coefficient (Wildman–Crippen LogP) is 1.12. The van der Waals surface area contributed by atoms with Crippen LogP contribution < -0.4 is 0 Å². The average Bonchev–Trinajstić information content (AvgIpc) is 2.71. The minimum Gasteiger partial charge on any atom is -0.314 e. The zero-order chi connectivity index (χ0) is 11.0. The summed E-state index contributed by atoms with van der Waals surface area (Å²) in [6.07, 6.45) is 1.51. The van der Waals surface area contributed by atoms with E-state index < -0.39 is 0 Å². The van der Waals surface area contributed by atoms with E-state index >= 15 is 0 Å². The van der Waals surface area contributed by atoms with E-state index in [1.807, 2.05) is 13.8 Å². The highest BCUT2D eigenvalue weighted by Crippen LogP contribution is 2.19. The first-order chi connectivity index (χ1) is 7.09. The molecule has 0 N–H and O–H groups in total. The third-order valence-corrected chi connectivity index (χ3v) is 3.10. The van der Waals surface area contributed by atoms with Crippen molar-refractivity contribution in [2.24, 2.45) is 7.05 Å². The number of hydrogen-bond acceptors (Lipinski definition) is 5. The van der Waals surface area contributed by atoms with Crippen LogP contribution >= 0.6 is 11.3 Å². The normalized spacial score (nSPS) is 10.6. The molecule has 0 aromatic carbocycles. The lowest BCUT2D eigenvalue weighted by Gasteiger charge is -1.96. The summed E-state index contributed by atoms with van der Waals surface area (Å²) >= 11 is 1.39. The third kappa shape index (κ3) is 1.68. The fourth-order valence-corrected chi connectivity index (χ4v) is 2.19. The van der Waals surface area contributed by atoms with Crippen molar-refractivity contribution >= 4 is 17.1 Å². The van der Waals surface area contributed by atoms with Crippen LogP contribution in [-0.4, -0.2) is 25.5 Å². The summed E-state index contributed by atoms with van der Waals surface area (Å²) in [4.78, 5) is 16.9.